The topological polar surface area (TPSA) is 29.4 Å². The molecule has 0 fully saturated rings. The highest BCUT2D eigenvalue weighted by atomic mass is 16.1. The van der Waals surface area contributed by atoms with Crippen LogP contribution in [0.1, 0.15) is 27.4 Å². The Morgan fingerprint density at radius 1 is 0.882 bits per heavy atom. The minimum absolute atomic E-state index is 0.163. The maximum Gasteiger partial charge on any atom is 0.177 e. The van der Waals surface area contributed by atoms with Crippen molar-refractivity contribution in [3.63, 3.8) is 0 Å². The molecule has 1 unspecified atom stereocenters. The Labute approximate surface area is 98.6 Å². The van der Waals surface area contributed by atoms with E-state index in [4.69, 9.17) is 0 Å². The quantitative estimate of drug-likeness (QED) is 0.669. The highest BCUT2D eigenvalue weighted by Gasteiger charge is 2.41. The molecule has 2 aromatic carbocycles. The van der Waals surface area contributed by atoms with Gasteiger partial charge in [0.25, 0.3) is 0 Å². The molecule has 0 spiro atoms. The van der Waals surface area contributed by atoms with Crippen molar-refractivity contribution in [3.8, 4) is 0 Å². The molecule has 17 heavy (non-hydrogen) atoms. The summed E-state index contributed by atoms with van der Waals surface area (Å²) in [5.74, 6) is 0.0212. The first-order valence-corrected chi connectivity index (χ1v) is 5.67. The summed E-state index contributed by atoms with van der Waals surface area (Å²) in [6.07, 6.45) is 0. The van der Waals surface area contributed by atoms with E-state index in [-0.39, 0.29) is 11.7 Å². The van der Waals surface area contributed by atoms with Gasteiger partial charge in [0, 0.05) is 11.1 Å². The lowest BCUT2D eigenvalue weighted by Gasteiger charge is -2.03. The van der Waals surface area contributed by atoms with Gasteiger partial charge in [-0.1, -0.05) is 42.5 Å². The van der Waals surface area contributed by atoms with Gasteiger partial charge in [-0.25, -0.2) is 0 Å². The second-order valence-electron chi connectivity index (χ2n) is 4.40. The molecule has 0 saturated carbocycles. The number of rotatable bonds is 0. The number of carbonyl (C=O) groups excluding carboxylic acids is 1. The summed E-state index contributed by atoms with van der Waals surface area (Å²) < 4.78 is 0. The lowest BCUT2D eigenvalue weighted by Crippen LogP contribution is -2.09. The molecular weight excluding hydrogens is 210 g/mol. The van der Waals surface area contributed by atoms with Crippen molar-refractivity contribution in [1.29, 1.82) is 0 Å². The number of hydrogen-bond acceptors (Lipinski definition) is 2. The van der Waals surface area contributed by atoms with Crippen molar-refractivity contribution in [2.24, 2.45) is 4.99 Å². The maximum absolute atomic E-state index is 12.4. The van der Waals surface area contributed by atoms with Crippen molar-refractivity contribution in [2.45, 2.75) is 5.92 Å². The fraction of sp³-hybridized carbons (Fsp3) is 0.0667. The third kappa shape index (κ3) is 0.998. The first kappa shape index (κ1) is 8.88. The Balaban J connectivity index is 2.03. The average molecular weight is 219 g/mol. The fourth-order valence-electron chi connectivity index (χ4n) is 2.73. The molecule has 0 bridgehead atoms. The molecule has 0 saturated heterocycles. The van der Waals surface area contributed by atoms with E-state index >= 15 is 0 Å². The minimum atomic E-state index is -0.163. The number of ketones is 1. The van der Waals surface area contributed by atoms with E-state index in [1.165, 1.54) is 0 Å². The molecule has 2 heteroatoms. The average Bonchev–Trinajstić information content (AvgIpc) is 2.88. The standard InChI is InChI=1S/C15H9NO/c17-15-10-6-2-1-5-9(10)14-13(15)11-7-3-4-8-12(11)16-14/h1-8,13H. The van der Waals surface area contributed by atoms with E-state index in [1.54, 1.807) is 0 Å². The highest BCUT2D eigenvalue weighted by Crippen LogP contribution is 2.44. The Hall–Kier alpha value is -2.22. The van der Waals surface area contributed by atoms with E-state index in [0.717, 1.165) is 28.1 Å². The summed E-state index contributed by atoms with van der Waals surface area (Å²) >= 11 is 0. The van der Waals surface area contributed by atoms with Crippen LogP contribution in [-0.2, 0) is 0 Å². The first-order chi connectivity index (χ1) is 8.36. The number of fused-ring (bicyclic) bond motifs is 5. The number of Topliss-reactive ketones (excluding diaryl/α,β-unsaturated/α-hetero) is 1. The Kier molecular flexibility index (Phi) is 1.52. The lowest BCUT2D eigenvalue weighted by atomic mass is 9.95. The summed E-state index contributed by atoms with van der Waals surface area (Å²) in [5.41, 5.74) is 4.72. The lowest BCUT2D eigenvalue weighted by molar-refractivity contribution is 0.0989. The van der Waals surface area contributed by atoms with Crippen LogP contribution < -0.4 is 0 Å². The molecule has 0 radical (unpaired) electrons. The molecule has 0 aromatic heterocycles. The van der Waals surface area contributed by atoms with Crippen molar-refractivity contribution in [1.82, 2.24) is 0 Å². The molecule has 1 heterocycles. The van der Waals surface area contributed by atoms with Crippen LogP contribution in [0.15, 0.2) is 53.5 Å². The molecule has 80 valence electrons. The molecule has 1 aliphatic heterocycles. The molecule has 2 nitrogen and oxygen atoms in total. The van der Waals surface area contributed by atoms with Crippen LogP contribution in [0.3, 0.4) is 0 Å². The molecule has 2 aromatic rings. The molecule has 0 N–H and O–H groups in total. The first-order valence-electron chi connectivity index (χ1n) is 5.67. The zero-order chi connectivity index (χ0) is 11.4. The molecule has 1 aliphatic carbocycles. The predicted octanol–water partition coefficient (Wildman–Crippen LogP) is 3.10. The van der Waals surface area contributed by atoms with Gasteiger partial charge in [-0.2, -0.15) is 0 Å². The van der Waals surface area contributed by atoms with Crippen LogP contribution in [0.2, 0.25) is 0 Å². The normalized spacial score (nSPS) is 19.6. The Bertz CT molecular complexity index is 685. The van der Waals surface area contributed by atoms with Crippen molar-refractivity contribution >= 4 is 17.2 Å². The third-order valence-corrected chi connectivity index (χ3v) is 3.49. The summed E-state index contributed by atoms with van der Waals surface area (Å²) in [5, 5.41) is 0. The predicted molar refractivity (Wildman–Crippen MR) is 66.2 cm³/mol. The number of benzene rings is 2. The van der Waals surface area contributed by atoms with Crippen LogP contribution >= 0.6 is 0 Å². The molecular formula is C15H9NO. The van der Waals surface area contributed by atoms with Crippen LogP contribution in [0.4, 0.5) is 5.69 Å². The van der Waals surface area contributed by atoms with Gasteiger partial charge < -0.3 is 0 Å². The molecule has 1 atom stereocenters. The van der Waals surface area contributed by atoms with E-state index in [2.05, 4.69) is 4.99 Å². The molecule has 2 aliphatic rings. The largest absolute Gasteiger partial charge is 0.293 e. The van der Waals surface area contributed by atoms with Crippen molar-refractivity contribution < 1.29 is 4.79 Å². The minimum Gasteiger partial charge on any atom is -0.293 e. The molecule has 4 rings (SSSR count). The van der Waals surface area contributed by atoms with Gasteiger partial charge in [0.15, 0.2) is 5.78 Å². The van der Waals surface area contributed by atoms with Gasteiger partial charge in [-0.05, 0) is 11.6 Å². The number of aliphatic imine (C=N–C) groups is 1. The van der Waals surface area contributed by atoms with Gasteiger partial charge in [0.1, 0.15) is 0 Å². The molecule has 0 amide bonds. The zero-order valence-electron chi connectivity index (χ0n) is 9.05. The van der Waals surface area contributed by atoms with Crippen molar-refractivity contribution in [2.75, 3.05) is 0 Å². The van der Waals surface area contributed by atoms with Gasteiger partial charge in [-0.3, -0.25) is 9.79 Å². The van der Waals surface area contributed by atoms with Crippen LogP contribution in [0.25, 0.3) is 0 Å². The zero-order valence-corrected chi connectivity index (χ0v) is 9.05. The van der Waals surface area contributed by atoms with Crippen molar-refractivity contribution in [3.05, 3.63) is 65.2 Å². The van der Waals surface area contributed by atoms with Gasteiger partial charge >= 0.3 is 0 Å². The summed E-state index contributed by atoms with van der Waals surface area (Å²) in [7, 11) is 0. The third-order valence-electron chi connectivity index (χ3n) is 3.49. The monoisotopic (exact) mass is 219 g/mol. The summed E-state index contributed by atoms with van der Waals surface area (Å²) in [6.45, 7) is 0. The van der Waals surface area contributed by atoms with Gasteiger partial charge in [0.05, 0.1) is 17.3 Å². The number of nitrogens with zero attached hydrogens (tertiary/aromatic N) is 1. The second kappa shape index (κ2) is 2.92. The van der Waals surface area contributed by atoms with E-state index in [1.807, 2.05) is 48.5 Å². The van der Waals surface area contributed by atoms with Crippen LogP contribution in [0, 0.1) is 0 Å². The number of para-hydroxylation sites is 1. The van der Waals surface area contributed by atoms with Crippen LogP contribution in [0.5, 0.6) is 0 Å². The van der Waals surface area contributed by atoms with Crippen LogP contribution in [-0.4, -0.2) is 11.5 Å². The summed E-state index contributed by atoms with van der Waals surface area (Å²) in [6, 6.07) is 15.6. The number of carbonyl (C=O) groups is 1. The van der Waals surface area contributed by atoms with E-state index in [9.17, 15) is 4.79 Å². The summed E-state index contributed by atoms with van der Waals surface area (Å²) in [4.78, 5) is 17.0. The Morgan fingerprint density at radius 3 is 2.47 bits per heavy atom. The Morgan fingerprint density at radius 2 is 1.59 bits per heavy atom. The smallest absolute Gasteiger partial charge is 0.177 e. The highest BCUT2D eigenvalue weighted by molar-refractivity contribution is 6.33. The maximum atomic E-state index is 12.4. The van der Waals surface area contributed by atoms with Gasteiger partial charge in [0.2, 0.25) is 0 Å². The second-order valence-corrected chi connectivity index (χ2v) is 4.40. The van der Waals surface area contributed by atoms with Gasteiger partial charge in [-0.15, -0.1) is 0 Å². The fourth-order valence-corrected chi connectivity index (χ4v) is 2.73. The SMILES string of the molecule is O=C1c2ccccc2C2=Nc3ccccc3C12. The number of hydrogen-bond donors (Lipinski definition) is 0. The van der Waals surface area contributed by atoms with E-state index < -0.39 is 0 Å². The van der Waals surface area contributed by atoms with E-state index in [0.29, 0.717) is 0 Å².